The number of ether oxygens (including phenoxy) is 1. The number of benzene rings is 1. The van der Waals surface area contributed by atoms with Crippen molar-refractivity contribution in [3.63, 3.8) is 0 Å². The molecule has 1 aromatic carbocycles. The normalized spacial score (nSPS) is 13.0. The molecule has 9 heteroatoms. The Morgan fingerprint density at radius 2 is 2.00 bits per heavy atom. The number of H-pyrrole nitrogens is 1. The number of fused-ring (bicyclic) bond motifs is 1. The Morgan fingerprint density at radius 3 is 2.72 bits per heavy atom. The SMILES string of the molecule is CC(C)OC(=O)N1CC(=O)c2c([nH]c(-c3ccnc(NC=O)c3)c2Nc2ccccc2)C1. The van der Waals surface area contributed by atoms with Crippen molar-refractivity contribution in [3.8, 4) is 11.3 Å². The molecule has 4 rings (SSSR count). The first-order valence-electron chi connectivity index (χ1n) is 10.2. The Balaban J connectivity index is 1.78. The second-order valence-corrected chi connectivity index (χ2v) is 7.62. The summed E-state index contributed by atoms with van der Waals surface area (Å²) in [4.78, 5) is 45.2. The molecule has 32 heavy (non-hydrogen) atoms. The molecule has 1 aliphatic heterocycles. The number of rotatable bonds is 6. The predicted octanol–water partition coefficient (Wildman–Crippen LogP) is 3.93. The van der Waals surface area contributed by atoms with Gasteiger partial charge in [0.1, 0.15) is 5.82 Å². The van der Waals surface area contributed by atoms with Crippen LogP contribution in [0.2, 0.25) is 0 Å². The smallest absolute Gasteiger partial charge is 0.410 e. The van der Waals surface area contributed by atoms with Crippen LogP contribution in [0, 0.1) is 0 Å². The maximum Gasteiger partial charge on any atom is 0.410 e. The van der Waals surface area contributed by atoms with Crippen LogP contribution in [0.1, 0.15) is 29.9 Å². The largest absolute Gasteiger partial charge is 0.447 e. The van der Waals surface area contributed by atoms with E-state index in [4.69, 9.17) is 4.74 Å². The molecule has 3 N–H and O–H groups in total. The topological polar surface area (TPSA) is 116 Å². The van der Waals surface area contributed by atoms with Gasteiger partial charge >= 0.3 is 6.09 Å². The summed E-state index contributed by atoms with van der Waals surface area (Å²) in [5, 5.41) is 5.88. The number of amides is 2. The Hall–Kier alpha value is -4.14. The number of nitrogens with one attached hydrogen (secondary N) is 3. The number of carbonyl (C=O) groups is 3. The van der Waals surface area contributed by atoms with Gasteiger partial charge in [-0.15, -0.1) is 0 Å². The fraction of sp³-hybridized carbons (Fsp3) is 0.217. The van der Waals surface area contributed by atoms with E-state index in [-0.39, 0.29) is 25.0 Å². The third kappa shape index (κ3) is 4.31. The lowest BCUT2D eigenvalue weighted by Gasteiger charge is -2.26. The van der Waals surface area contributed by atoms with Crippen LogP contribution in [0.25, 0.3) is 11.3 Å². The Morgan fingerprint density at radius 1 is 1.22 bits per heavy atom. The molecule has 0 saturated carbocycles. The van der Waals surface area contributed by atoms with Crippen molar-refractivity contribution in [1.29, 1.82) is 0 Å². The zero-order valence-corrected chi connectivity index (χ0v) is 17.7. The summed E-state index contributed by atoms with van der Waals surface area (Å²) < 4.78 is 5.27. The highest BCUT2D eigenvalue weighted by Crippen LogP contribution is 2.38. The van der Waals surface area contributed by atoms with Crippen molar-refractivity contribution in [1.82, 2.24) is 14.9 Å². The van der Waals surface area contributed by atoms with Crippen LogP contribution in [0.5, 0.6) is 0 Å². The van der Waals surface area contributed by atoms with Gasteiger partial charge in [-0.3, -0.25) is 14.5 Å². The summed E-state index contributed by atoms with van der Waals surface area (Å²) in [5.41, 5.74) is 3.90. The van der Waals surface area contributed by atoms with Crippen molar-refractivity contribution in [3.05, 3.63) is 59.9 Å². The van der Waals surface area contributed by atoms with Crippen molar-refractivity contribution < 1.29 is 19.1 Å². The molecule has 3 aromatic rings. The van der Waals surface area contributed by atoms with Crippen molar-refractivity contribution in [2.75, 3.05) is 17.2 Å². The fourth-order valence-electron chi connectivity index (χ4n) is 3.62. The number of ketones is 1. The van der Waals surface area contributed by atoms with E-state index >= 15 is 0 Å². The molecule has 0 spiro atoms. The van der Waals surface area contributed by atoms with Crippen LogP contribution in [0.4, 0.5) is 22.0 Å². The number of pyridine rings is 1. The first-order valence-corrected chi connectivity index (χ1v) is 10.2. The van der Waals surface area contributed by atoms with E-state index in [9.17, 15) is 14.4 Å². The quantitative estimate of drug-likeness (QED) is 0.507. The highest BCUT2D eigenvalue weighted by atomic mass is 16.6. The van der Waals surface area contributed by atoms with Crippen LogP contribution in [-0.4, -0.2) is 45.8 Å². The van der Waals surface area contributed by atoms with E-state index < -0.39 is 6.09 Å². The summed E-state index contributed by atoms with van der Waals surface area (Å²) in [7, 11) is 0. The molecule has 0 radical (unpaired) electrons. The summed E-state index contributed by atoms with van der Waals surface area (Å²) >= 11 is 0. The molecule has 3 heterocycles. The zero-order chi connectivity index (χ0) is 22.7. The van der Waals surface area contributed by atoms with Gasteiger partial charge < -0.3 is 20.4 Å². The average Bonchev–Trinajstić information content (AvgIpc) is 3.13. The number of aromatic amines is 1. The van der Waals surface area contributed by atoms with E-state index in [0.29, 0.717) is 34.9 Å². The molecule has 9 nitrogen and oxygen atoms in total. The van der Waals surface area contributed by atoms with Gasteiger partial charge in [0.15, 0.2) is 5.78 Å². The lowest BCUT2D eigenvalue weighted by molar-refractivity contribution is -0.105. The Kier molecular flexibility index (Phi) is 5.89. The lowest BCUT2D eigenvalue weighted by atomic mass is 10.0. The third-order valence-electron chi connectivity index (χ3n) is 4.93. The van der Waals surface area contributed by atoms with Crippen LogP contribution in [-0.2, 0) is 16.1 Å². The van der Waals surface area contributed by atoms with E-state index in [1.54, 1.807) is 32.2 Å². The summed E-state index contributed by atoms with van der Waals surface area (Å²) in [6.07, 6.45) is 1.31. The van der Waals surface area contributed by atoms with Gasteiger partial charge in [-0.1, -0.05) is 18.2 Å². The number of Topliss-reactive ketones (excluding diaryl/α,β-unsaturated/α-hetero) is 1. The first kappa shape index (κ1) is 21.1. The van der Waals surface area contributed by atoms with Crippen molar-refractivity contribution in [2.45, 2.75) is 26.5 Å². The number of hydrogen-bond acceptors (Lipinski definition) is 6. The van der Waals surface area contributed by atoms with Crippen molar-refractivity contribution in [2.24, 2.45) is 0 Å². The number of aromatic nitrogens is 2. The highest BCUT2D eigenvalue weighted by molar-refractivity contribution is 6.09. The first-order chi connectivity index (χ1) is 15.5. The number of para-hydroxylation sites is 1. The van der Waals surface area contributed by atoms with Crippen molar-refractivity contribution >= 4 is 35.5 Å². The molecule has 0 bridgehead atoms. The Bertz CT molecular complexity index is 1160. The molecular formula is C23H23N5O4. The molecule has 0 unspecified atom stereocenters. The standard InChI is InChI=1S/C23H23N5O4/c1-14(2)32-23(31)28-11-17-20(18(30)12-28)22(26-16-6-4-3-5-7-16)21(27-17)15-8-9-24-19(10-15)25-13-29/h3-10,13-14,26-27H,11-12H2,1-2H3,(H,24,25,29). The predicted molar refractivity (Wildman–Crippen MR) is 120 cm³/mol. The van der Waals surface area contributed by atoms with Gasteiger partial charge in [0.05, 0.1) is 36.1 Å². The minimum absolute atomic E-state index is 0.0758. The molecular weight excluding hydrogens is 410 g/mol. The zero-order valence-electron chi connectivity index (χ0n) is 17.7. The second-order valence-electron chi connectivity index (χ2n) is 7.62. The second kappa shape index (κ2) is 8.93. The molecule has 2 amide bonds. The van der Waals surface area contributed by atoms with E-state index in [2.05, 4.69) is 20.6 Å². The molecule has 1 aliphatic rings. The molecule has 2 aromatic heterocycles. The van der Waals surface area contributed by atoms with Gasteiger partial charge in [-0.2, -0.15) is 0 Å². The van der Waals surface area contributed by atoms with Gasteiger partial charge in [0.25, 0.3) is 0 Å². The average molecular weight is 433 g/mol. The molecule has 164 valence electrons. The molecule has 0 fully saturated rings. The number of carbonyl (C=O) groups excluding carboxylic acids is 3. The monoisotopic (exact) mass is 433 g/mol. The van der Waals surface area contributed by atoms with Gasteiger partial charge in [-0.05, 0) is 38.1 Å². The van der Waals surface area contributed by atoms with Crippen LogP contribution in [0.3, 0.4) is 0 Å². The number of anilines is 3. The fourth-order valence-corrected chi connectivity index (χ4v) is 3.62. The number of nitrogens with zero attached hydrogens (tertiary/aromatic N) is 2. The third-order valence-corrected chi connectivity index (χ3v) is 4.93. The van der Waals surface area contributed by atoms with Gasteiger partial charge in [0, 0.05) is 23.1 Å². The maximum absolute atomic E-state index is 13.1. The van der Waals surface area contributed by atoms with Gasteiger partial charge in [0.2, 0.25) is 6.41 Å². The Labute approximate surface area is 184 Å². The summed E-state index contributed by atoms with van der Waals surface area (Å²) in [6, 6.07) is 13.0. The highest BCUT2D eigenvalue weighted by Gasteiger charge is 2.33. The van der Waals surface area contributed by atoms with Crippen LogP contribution < -0.4 is 10.6 Å². The van der Waals surface area contributed by atoms with E-state index in [1.807, 2.05) is 30.3 Å². The van der Waals surface area contributed by atoms with Crippen LogP contribution >= 0.6 is 0 Å². The minimum atomic E-state index is -0.533. The van der Waals surface area contributed by atoms with Gasteiger partial charge in [-0.25, -0.2) is 9.78 Å². The molecule has 0 aliphatic carbocycles. The lowest BCUT2D eigenvalue weighted by Crippen LogP contribution is -2.40. The van der Waals surface area contributed by atoms with E-state index in [0.717, 1.165) is 11.3 Å². The minimum Gasteiger partial charge on any atom is -0.447 e. The summed E-state index contributed by atoms with van der Waals surface area (Å²) in [5.74, 6) is 0.178. The molecule has 0 atom stereocenters. The van der Waals surface area contributed by atoms with Crippen LogP contribution in [0.15, 0.2) is 48.7 Å². The molecule has 0 saturated heterocycles. The summed E-state index contributed by atoms with van der Waals surface area (Å²) in [6.45, 7) is 3.66. The number of hydrogen-bond donors (Lipinski definition) is 3. The van der Waals surface area contributed by atoms with E-state index in [1.165, 1.54) is 4.90 Å². The maximum atomic E-state index is 13.1.